The van der Waals surface area contributed by atoms with Gasteiger partial charge in [-0.3, -0.25) is 0 Å². The second kappa shape index (κ2) is 5.99. The Morgan fingerprint density at radius 2 is 1.95 bits per heavy atom. The minimum Gasteiger partial charge on any atom is -0.493 e. The summed E-state index contributed by atoms with van der Waals surface area (Å²) in [5.74, 6) is 1.17. The lowest BCUT2D eigenvalue weighted by Gasteiger charge is -2.23. The number of hydrogen-bond acceptors (Lipinski definition) is 4. The van der Waals surface area contributed by atoms with Gasteiger partial charge in [0.25, 0.3) is 0 Å². The normalized spacial score (nSPS) is 24.3. The molecule has 1 heterocycles. The molecule has 0 amide bonds. The zero-order valence-corrected chi connectivity index (χ0v) is 12.1. The average Bonchev–Trinajstić information content (AvgIpc) is 2.83. The number of benzene rings is 1. The third-order valence-electron chi connectivity index (χ3n) is 3.66. The Kier molecular flexibility index (Phi) is 4.55. The maximum Gasteiger partial charge on any atom is 0.162 e. The molecule has 4 nitrogen and oxygen atoms in total. The Labute approximate surface area is 118 Å². The monoisotopic (exact) mass is 286 g/mol. The summed E-state index contributed by atoms with van der Waals surface area (Å²) in [4.78, 5) is 0. The van der Waals surface area contributed by atoms with Gasteiger partial charge in [0, 0.05) is 24.2 Å². The summed E-state index contributed by atoms with van der Waals surface area (Å²) >= 11 is 6.22. The fourth-order valence-electron chi connectivity index (χ4n) is 2.49. The Morgan fingerprint density at radius 1 is 1.32 bits per heavy atom. The highest BCUT2D eigenvalue weighted by Gasteiger charge is 2.33. The maximum absolute atomic E-state index is 10.5. The highest BCUT2D eigenvalue weighted by molar-refractivity contribution is 6.31. The summed E-state index contributed by atoms with van der Waals surface area (Å²) in [5.41, 5.74) is 0.654. The summed E-state index contributed by atoms with van der Waals surface area (Å²) < 4.78 is 15.9. The highest BCUT2D eigenvalue weighted by atomic mass is 35.5. The first kappa shape index (κ1) is 14.4. The van der Waals surface area contributed by atoms with E-state index < -0.39 is 6.10 Å². The summed E-state index contributed by atoms with van der Waals surface area (Å²) in [6.07, 6.45) is 0.191. The molecule has 3 atom stereocenters. The molecular formula is C14H19ClO4. The molecule has 0 saturated carbocycles. The molecule has 1 fully saturated rings. The van der Waals surface area contributed by atoms with Crippen LogP contribution < -0.4 is 9.47 Å². The van der Waals surface area contributed by atoms with Crippen LogP contribution in [0.25, 0.3) is 0 Å². The van der Waals surface area contributed by atoms with Crippen molar-refractivity contribution in [3.8, 4) is 11.5 Å². The molecule has 0 aromatic heterocycles. The average molecular weight is 287 g/mol. The molecule has 106 valence electrons. The lowest BCUT2D eigenvalue weighted by atomic mass is 9.90. The Hall–Kier alpha value is -0.970. The molecule has 0 bridgehead atoms. The van der Waals surface area contributed by atoms with Gasteiger partial charge in [0.2, 0.25) is 0 Å². The molecule has 2 rings (SSSR count). The van der Waals surface area contributed by atoms with Crippen molar-refractivity contribution in [1.82, 2.24) is 0 Å². The van der Waals surface area contributed by atoms with Crippen LogP contribution in [0.5, 0.6) is 11.5 Å². The van der Waals surface area contributed by atoms with Gasteiger partial charge in [-0.25, -0.2) is 0 Å². The van der Waals surface area contributed by atoms with E-state index in [1.54, 1.807) is 26.4 Å². The van der Waals surface area contributed by atoms with Crippen LogP contribution >= 0.6 is 11.6 Å². The topological polar surface area (TPSA) is 47.9 Å². The lowest BCUT2D eigenvalue weighted by Crippen LogP contribution is -2.20. The predicted molar refractivity (Wildman–Crippen MR) is 73.0 cm³/mol. The van der Waals surface area contributed by atoms with Gasteiger partial charge in [-0.15, -0.1) is 0 Å². The largest absolute Gasteiger partial charge is 0.493 e. The molecule has 0 radical (unpaired) electrons. The van der Waals surface area contributed by atoms with E-state index in [-0.39, 0.29) is 12.0 Å². The molecule has 0 spiro atoms. The van der Waals surface area contributed by atoms with Crippen LogP contribution in [0.3, 0.4) is 0 Å². The molecule has 1 aromatic carbocycles. The number of ether oxygens (including phenoxy) is 3. The minimum absolute atomic E-state index is 0.0270. The van der Waals surface area contributed by atoms with Crippen LogP contribution in [0.1, 0.15) is 25.0 Å². The van der Waals surface area contributed by atoms with E-state index in [0.29, 0.717) is 28.7 Å². The molecule has 19 heavy (non-hydrogen) atoms. The van der Waals surface area contributed by atoms with Crippen molar-refractivity contribution in [2.45, 2.75) is 25.6 Å². The van der Waals surface area contributed by atoms with Gasteiger partial charge in [0.1, 0.15) is 0 Å². The van der Waals surface area contributed by atoms with Gasteiger partial charge in [-0.05, 0) is 19.4 Å². The van der Waals surface area contributed by atoms with Gasteiger partial charge < -0.3 is 19.3 Å². The standard InChI is InChI=1S/C14H19ClO4/c1-8-9(4-5-19-8)14(16)10-6-12(17-2)13(18-3)7-11(10)15/h6-9,14,16H,4-5H2,1-3H3. The Bertz CT molecular complexity index is 449. The summed E-state index contributed by atoms with van der Waals surface area (Å²) in [6, 6.07) is 3.40. The van der Waals surface area contributed by atoms with Crippen molar-refractivity contribution in [1.29, 1.82) is 0 Å². The number of methoxy groups -OCH3 is 2. The van der Waals surface area contributed by atoms with Crippen molar-refractivity contribution in [3.63, 3.8) is 0 Å². The van der Waals surface area contributed by atoms with Crippen LogP contribution in [-0.2, 0) is 4.74 Å². The molecule has 1 N–H and O–H groups in total. The Balaban J connectivity index is 2.33. The van der Waals surface area contributed by atoms with Gasteiger partial charge in [0.15, 0.2) is 11.5 Å². The van der Waals surface area contributed by atoms with Crippen molar-refractivity contribution >= 4 is 11.6 Å². The minimum atomic E-state index is -0.662. The van der Waals surface area contributed by atoms with Crippen LogP contribution in [-0.4, -0.2) is 32.0 Å². The van der Waals surface area contributed by atoms with E-state index >= 15 is 0 Å². The number of rotatable bonds is 4. The van der Waals surface area contributed by atoms with Gasteiger partial charge >= 0.3 is 0 Å². The second-order valence-corrected chi connectivity index (χ2v) is 5.11. The van der Waals surface area contributed by atoms with Crippen LogP contribution in [0.4, 0.5) is 0 Å². The third-order valence-corrected chi connectivity index (χ3v) is 3.99. The smallest absolute Gasteiger partial charge is 0.162 e. The Morgan fingerprint density at radius 3 is 2.47 bits per heavy atom. The van der Waals surface area contributed by atoms with E-state index in [0.717, 1.165) is 6.42 Å². The molecular weight excluding hydrogens is 268 g/mol. The van der Waals surface area contributed by atoms with Crippen molar-refractivity contribution in [2.75, 3.05) is 20.8 Å². The highest BCUT2D eigenvalue weighted by Crippen LogP contribution is 2.41. The summed E-state index contributed by atoms with van der Waals surface area (Å²) in [7, 11) is 3.11. The van der Waals surface area contributed by atoms with E-state index in [4.69, 9.17) is 25.8 Å². The quantitative estimate of drug-likeness (QED) is 0.925. The first-order valence-electron chi connectivity index (χ1n) is 6.29. The predicted octanol–water partition coefficient (Wildman–Crippen LogP) is 2.82. The van der Waals surface area contributed by atoms with Gasteiger partial charge in [0.05, 0.1) is 31.5 Å². The first-order valence-corrected chi connectivity index (χ1v) is 6.67. The SMILES string of the molecule is COc1cc(Cl)c(C(O)C2CCOC2C)cc1OC. The molecule has 1 aromatic rings. The van der Waals surface area contributed by atoms with Crippen molar-refractivity contribution in [3.05, 3.63) is 22.7 Å². The molecule has 1 saturated heterocycles. The molecule has 0 aliphatic carbocycles. The van der Waals surface area contributed by atoms with Gasteiger partial charge in [-0.1, -0.05) is 11.6 Å². The van der Waals surface area contributed by atoms with Crippen LogP contribution in [0, 0.1) is 5.92 Å². The molecule has 1 aliphatic rings. The lowest BCUT2D eigenvalue weighted by molar-refractivity contribution is 0.0431. The van der Waals surface area contributed by atoms with E-state index in [1.165, 1.54) is 0 Å². The third kappa shape index (κ3) is 2.81. The zero-order valence-electron chi connectivity index (χ0n) is 11.4. The van der Waals surface area contributed by atoms with Gasteiger partial charge in [-0.2, -0.15) is 0 Å². The van der Waals surface area contributed by atoms with E-state index in [2.05, 4.69) is 0 Å². The zero-order chi connectivity index (χ0) is 14.0. The van der Waals surface area contributed by atoms with Crippen LogP contribution in [0.15, 0.2) is 12.1 Å². The van der Waals surface area contributed by atoms with Crippen LogP contribution in [0.2, 0.25) is 5.02 Å². The number of halogens is 1. The molecule has 5 heteroatoms. The number of aliphatic hydroxyl groups excluding tert-OH is 1. The van der Waals surface area contributed by atoms with E-state index in [9.17, 15) is 5.11 Å². The first-order chi connectivity index (χ1) is 9.08. The number of hydrogen-bond donors (Lipinski definition) is 1. The molecule has 1 aliphatic heterocycles. The summed E-state index contributed by atoms with van der Waals surface area (Å²) in [6.45, 7) is 2.64. The van der Waals surface area contributed by atoms with E-state index in [1.807, 2.05) is 6.92 Å². The van der Waals surface area contributed by atoms with Crippen molar-refractivity contribution in [2.24, 2.45) is 5.92 Å². The summed E-state index contributed by atoms with van der Waals surface area (Å²) in [5, 5.41) is 11.0. The van der Waals surface area contributed by atoms with Crippen molar-refractivity contribution < 1.29 is 19.3 Å². The maximum atomic E-state index is 10.5. The fraction of sp³-hybridized carbons (Fsp3) is 0.571. The fourth-order valence-corrected chi connectivity index (χ4v) is 2.76. The second-order valence-electron chi connectivity index (χ2n) is 4.70. The molecule has 3 unspecified atom stereocenters. The number of aliphatic hydroxyl groups is 1.